The summed E-state index contributed by atoms with van der Waals surface area (Å²) in [6, 6.07) is 66.6. The number of benzene rings is 7. The molecule has 1 N–H and O–H groups in total. The van der Waals surface area contributed by atoms with Crippen molar-refractivity contribution in [3.63, 3.8) is 0 Å². The normalized spacial score (nSPS) is 15.9. The molecule has 51 heavy (non-hydrogen) atoms. The molecule has 9 rings (SSSR count). The number of ether oxygens (including phenoxy) is 1. The molecule has 0 aromatic heterocycles. The molecule has 244 valence electrons. The van der Waals surface area contributed by atoms with Crippen LogP contribution in [0.15, 0.2) is 199 Å². The van der Waals surface area contributed by atoms with Crippen molar-refractivity contribution in [2.24, 2.45) is 4.99 Å². The monoisotopic (exact) mass is 656 g/mol. The molecule has 7 aromatic rings. The Labute approximate surface area is 299 Å². The van der Waals surface area contributed by atoms with Crippen LogP contribution in [-0.2, 0) is 5.41 Å². The summed E-state index contributed by atoms with van der Waals surface area (Å²) in [5.41, 5.74) is 12.8. The molecule has 1 atom stereocenters. The Morgan fingerprint density at radius 3 is 1.63 bits per heavy atom. The van der Waals surface area contributed by atoms with Gasteiger partial charge in [-0.1, -0.05) is 176 Å². The molecular formula is C48H36N2O. The molecule has 3 nitrogen and oxygen atoms in total. The maximum atomic E-state index is 6.63. The first kappa shape index (κ1) is 30.6. The number of hydrogen-bond donors (Lipinski definition) is 1. The van der Waals surface area contributed by atoms with Gasteiger partial charge < -0.3 is 10.1 Å². The van der Waals surface area contributed by atoms with Gasteiger partial charge in [-0.2, -0.15) is 0 Å². The van der Waals surface area contributed by atoms with E-state index in [0.717, 1.165) is 67.4 Å². The van der Waals surface area contributed by atoms with Crippen molar-refractivity contribution in [3.8, 4) is 22.6 Å². The molecule has 0 spiro atoms. The van der Waals surface area contributed by atoms with Crippen LogP contribution >= 0.6 is 0 Å². The molecule has 0 bridgehead atoms. The molecule has 1 unspecified atom stereocenters. The summed E-state index contributed by atoms with van der Waals surface area (Å²) in [5, 5.41) is 3.89. The minimum atomic E-state index is -0.650. The average Bonchev–Trinajstić information content (AvgIpc) is 3.21. The highest BCUT2D eigenvalue weighted by Gasteiger charge is 2.46. The fourth-order valence-electron chi connectivity index (χ4n) is 8.00. The van der Waals surface area contributed by atoms with E-state index < -0.39 is 5.41 Å². The van der Waals surface area contributed by atoms with E-state index >= 15 is 0 Å². The average molecular weight is 657 g/mol. The number of rotatable bonds is 6. The van der Waals surface area contributed by atoms with Gasteiger partial charge in [0.2, 0.25) is 0 Å². The third kappa shape index (κ3) is 5.09. The molecule has 7 aromatic carbocycles. The van der Waals surface area contributed by atoms with Gasteiger partial charge in [-0.25, -0.2) is 0 Å². The smallest absolute Gasteiger partial charge is 0.145 e. The first-order chi connectivity index (χ1) is 25.2. The van der Waals surface area contributed by atoms with Crippen LogP contribution < -0.4 is 10.1 Å². The molecule has 2 heterocycles. The van der Waals surface area contributed by atoms with E-state index in [1.54, 1.807) is 0 Å². The lowest BCUT2D eigenvalue weighted by Gasteiger charge is -2.42. The van der Waals surface area contributed by atoms with Gasteiger partial charge in [0, 0.05) is 28.0 Å². The minimum Gasteiger partial charge on any atom is -0.457 e. The first-order valence-electron chi connectivity index (χ1n) is 17.5. The topological polar surface area (TPSA) is 33.6 Å². The summed E-state index contributed by atoms with van der Waals surface area (Å²) >= 11 is 0. The number of fused-ring (bicyclic) bond motifs is 2. The Morgan fingerprint density at radius 2 is 0.980 bits per heavy atom. The van der Waals surface area contributed by atoms with Crippen LogP contribution in [0.2, 0.25) is 0 Å². The van der Waals surface area contributed by atoms with Crippen LogP contribution in [0, 0.1) is 0 Å². The molecule has 0 radical (unpaired) electrons. The fraction of sp³-hybridized carbons (Fsp3) is 0.0625. The molecule has 0 fully saturated rings. The summed E-state index contributed by atoms with van der Waals surface area (Å²) in [5.74, 6) is 1.73. The molecular weight excluding hydrogens is 621 g/mol. The predicted octanol–water partition coefficient (Wildman–Crippen LogP) is 11.4. The van der Waals surface area contributed by atoms with Crippen LogP contribution in [0.25, 0.3) is 16.8 Å². The van der Waals surface area contributed by atoms with Crippen molar-refractivity contribution >= 4 is 11.4 Å². The number of nitrogens with zero attached hydrogens (tertiary/aromatic N) is 1. The van der Waals surface area contributed by atoms with Gasteiger partial charge in [-0.3, -0.25) is 4.99 Å². The number of allylic oxidation sites excluding steroid dienone is 1. The highest BCUT2D eigenvalue weighted by molar-refractivity contribution is 6.17. The van der Waals surface area contributed by atoms with Gasteiger partial charge in [0.25, 0.3) is 0 Å². The second kappa shape index (κ2) is 12.8. The standard InChI is InChI=1S/C48H36N2O/c1-33-45(34-19-5-2-6-20-34)49-47(35-21-7-3-8-22-35)50-46(33)39-27-12-11-25-37(39)38-26-13-14-28-40(38)48(36-23-9-4-10-24-36)41-29-15-17-31-43(41)51-44-32-18-16-30-42(44)48/h2-32,47,50H,1H3. The van der Waals surface area contributed by atoms with Crippen molar-refractivity contribution in [2.45, 2.75) is 18.5 Å². The van der Waals surface area contributed by atoms with Crippen LogP contribution in [0.5, 0.6) is 11.5 Å². The molecule has 0 saturated heterocycles. The molecule has 3 heteroatoms. The van der Waals surface area contributed by atoms with Crippen molar-refractivity contribution in [1.82, 2.24) is 5.32 Å². The Morgan fingerprint density at radius 1 is 0.490 bits per heavy atom. The Balaban J connectivity index is 1.31. The van der Waals surface area contributed by atoms with Crippen molar-refractivity contribution in [3.05, 3.63) is 233 Å². The van der Waals surface area contributed by atoms with E-state index in [2.05, 4.69) is 200 Å². The summed E-state index contributed by atoms with van der Waals surface area (Å²) < 4.78 is 6.63. The van der Waals surface area contributed by atoms with E-state index in [1.165, 1.54) is 11.1 Å². The molecule has 2 aliphatic heterocycles. The maximum absolute atomic E-state index is 6.63. The van der Waals surface area contributed by atoms with Gasteiger partial charge in [-0.05, 0) is 52.4 Å². The minimum absolute atomic E-state index is 0.242. The highest BCUT2D eigenvalue weighted by Crippen LogP contribution is 2.57. The zero-order valence-corrected chi connectivity index (χ0v) is 28.3. The summed E-state index contributed by atoms with van der Waals surface area (Å²) in [7, 11) is 0. The van der Waals surface area contributed by atoms with Gasteiger partial charge >= 0.3 is 0 Å². The van der Waals surface area contributed by atoms with Crippen LogP contribution in [0.3, 0.4) is 0 Å². The summed E-state index contributed by atoms with van der Waals surface area (Å²) in [6.45, 7) is 2.19. The molecule has 2 aliphatic rings. The van der Waals surface area contributed by atoms with Crippen molar-refractivity contribution in [2.75, 3.05) is 0 Å². The van der Waals surface area contributed by atoms with Gasteiger partial charge in [0.1, 0.15) is 17.7 Å². The lowest BCUT2D eigenvalue weighted by Crippen LogP contribution is -2.34. The third-order valence-corrected chi connectivity index (χ3v) is 10.3. The maximum Gasteiger partial charge on any atom is 0.145 e. The Hall–Kier alpha value is -6.45. The van der Waals surface area contributed by atoms with Crippen molar-refractivity contribution < 1.29 is 4.74 Å². The van der Waals surface area contributed by atoms with Crippen LogP contribution in [0.4, 0.5) is 0 Å². The summed E-state index contributed by atoms with van der Waals surface area (Å²) in [6.07, 6.45) is -0.242. The first-order valence-corrected chi connectivity index (χ1v) is 17.5. The van der Waals surface area contributed by atoms with Gasteiger partial charge in [-0.15, -0.1) is 0 Å². The highest BCUT2D eigenvalue weighted by atomic mass is 16.5. The lowest BCUT2D eigenvalue weighted by atomic mass is 9.62. The van der Waals surface area contributed by atoms with E-state index in [4.69, 9.17) is 9.73 Å². The van der Waals surface area contributed by atoms with Crippen LogP contribution in [0.1, 0.15) is 52.0 Å². The zero-order valence-electron chi connectivity index (χ0n) is 28.3. The molecule has 0 aliphatic carbocycles. The molecule has 0 saturated carbocycles. The second-order valence-corrected chi connectivity index (χ2v) is 13.1. The van der Waals surface area contributed by atoms with Gasteiger partial charge in [0.05, 0.1) is 11.1 Å². The second-order valence-electron chi connectivity index (χ2n) is 13.1. The number of para-hydroxylation sites is 2. The third-order valence-electron chi connectivity index (χ3n) is 10.3. The van der Waals surface area contributed by atoms with E-state index in [9.17, 15) is 0 Å². The van der Waals surface area contributed by atoms with Gasteiger partial charge in [0.15, 0.2) is 0 Å². The Kier molecular flexibility index (Phi) is 7.67. The molecule has 0 amide bonds. The Bertz CT molecular complexity index is 2380. The fourth-order valence-corrected chi connectivity index (χ4v) is 8.00. The van der Waals surface area contributed by atoms with Crippen LogP contribution in [-0.4, -0.2) is 5.71 Å². The SMILES string of the molecule is CC1=C(c2ccccc2-c2ccccc2C2(c3ccccc3)c3ccccc3Oc3ccccc32)NC(c2ccccc2)N=C1c1ccccc1. The predicted molar refractivity (Wildman–Crippen MR) is 208 cm³/mol. The number of aliphatic imine (C=N–C) groups is 1. The quantitative estimate of drug-likeness (QED) is 0.193. The lowest BCUT2D eigenvalue weighted by molar-refractivity contribution is 0.434. The summed E-state index contributed by atoms with van der Waals surface area (Å²) in [4.78, 5) is 5.31. The van der Waals surface area contributed by atoms with E-state index in [-0.39, 0.29) is 6.17 Å². The number of hydrogen-bond acceptors (Lipinski definition) is 3. The largest absolute Gasteiger partial charge is 0.457 e. The van der Waals surface area contributed by atoms with E-state index in [1.807, 2.05) is 0 Å². The number of nitrogens with one attached hydrogen (secondary N) is 1. The zero-order chi connectivity index (χ0) is 34.2. The van der Waals surface area contributed by atoms with E-state index in [0.29, 0.717) is 0 Å². The van der Waals surface area contributed by atoms with Crippen molar-refractivity contribution in [1.29, 1.82) is 0 Å².